The smallest absolute Gasteiger partial charge is 0.504 e. The SMILES string of the molecule is CN(C)c1ccc(/C=C/C(OB(F)F)=C(\Br)C(=O)/C=C/c2ccc3c(c2)CCCN3CCCCCC(=O)O)cc1. The van der Waals surface area contributed by atoms with Gasteiger partial charge in [0, 0.05) is 45.0 Å². The van der Waals surface area contributed by atoms with Crippen molar-refractivity contribution in [2.45, 2.75) is 38.5 Å². The van der Waals surface area contributed by atoms with E-state index in [0.717, 1.165) is 61.3 Å². The van der Waals surface area contributed by atoms with Gasteiger partial charge in [-0.25, -0.2) is 8.63 Å². The number of halogens is 3. The highest BCUT2D eigenvalue weighted by molar-refractivity contribution is 9.12. The summed E-state index contributed by atoms with van der Waals surface area (Å²) < 4.78 is 30.7. The first-order valence-corrected chi connectivity index (χ1v) is 14.1. The number of allylic oxidation sites excluding steroid dienone is 3. The zero-order valence-corrected chi connectivity index (χ0v) is 24.4. The molecule has 0 aromatic heterocycles. The standard InChI is InChI=1S/C30H34BBrF2N2O4/c1-35(2)25-14-9-22(10-15-25)13-18-28(40-31(33)34)30(32)27(37)17-12-23-11-16-26-24(21-23)7-6-20-36(26)19-5-3-4-8-29(38)39/h9-18,21H,3-8,19-20H2,1-2H3,(H,38,39)/b17-12+,18-13+,30-28+. The van der Waals surface area contributed by atoms with Gasteiger partial charge in [-0.15, -0.1) is 0 Å². The predicted octanol–water partition coefficient (Wildman–Crippen LogP) is 6.99. The van der Waals surface area contributed by atoms with E-state index in [9.17, 15) is 18.2 Å². The van der Waals surface area contributed by atoms with Gasteiger partial charge in [0.05, 0.1) is 0 Å². The van der Waals surface area contributed by atoms with E-state index >= 15 is 0 Å². The van der Waals surface area contributed by atoms with E-state index < -0.39 is 19.2 Å². The number of rotatable bonds is 14. The van der Waals surface area contributed by atoms with Crippen LogP contribution in [-0.2, 0) is 20.7 Å². The predicted molar refractivity (Wildman–Crippen MR) is 162 cm³/mol. The highest BCUT2D eigenvalue weighted by Gasteiger charge is 2.22. The van der Waals surface area contributed by atoms with Crippen LogP contribution in [0.1, 0.15) is 48.8 Å². The first-order chi connectivity index (χ1) is 19.1. The van der Waals surface area contributed by atoms with Gasteiger partial charge in [0.25, 0.3) is 0 Å². The number of hydrogen-bond donors (Lipinski definition) is 1. The minimum Gasteiger partial charge on any atom is -0.504 e. The van der Waals surface area contributed by atoms with Gasteiger partial charge in [0.15, 0.2) is 5.78 Å². The molecule has 3 rings (SSSR count). The van der Waals surface area contributed by atoms with Gasteiger partial charge in [-0.2, -0.15) is 0 Å². The third kappa shape index (κ3) is 9.66. The number of unbranched alkanes of at least 4 members (excludes halogenated alkanes) is 2. The van der Waals surface area contributed by atoms with Crippen LogP contribution in [0.2, 0.25) is 0 Å². The molecule has 0 radical (unpaired) electrons. The second kappa shape index (κ2) is 15.4. The van der Waals surface area contributed by atoms with Gasteiger partial charge in [0.1, 0.15) is 10.2 Å². The summed E-state index contributed by atoms with van der Waals surface area (Å²) in [4.78, 5) is 27.8. The Morgan fingerprint density at radius 3 is 2.42 bits per heavy atom. The molecule has 0 atom stereocenters. The second-order valence-electron chi connectivity index (χ2n) is 9.76. The van der Waals surface area contributed by atoms with Crippen molar-refractivity contribution in [3.8, 4) is 0 Å². The topological polar surface area (TPSA) is 70.1 Å². The van der Waals surface area contributed by atoms with Crippen LogP contribution in [0.3, 0.4) is 0 Å². The lowest BCUT2D eigenvalue weighted by Gasteiger charge is -2.31. The normalized spacial score (nSPS) is 13.8. The van der Waals surface area contributed by atoms with E-state index in [1.165, 1.54) is 17.7 Å². The summed E-state index contributed by atoms with van der Waals surface area (Å²) in [6.45, 7) is 1.83. The Kier molecular flexibility index (Phi) is 12.0. The molecular weight excluding hydrogens is 581 g/mol. The fourth-order valence-corrected chi connectivity index (χ4v) is 4.83. The summed E-state index contributed by atoms with van der Waals surface area (Å²) in [6.07, 6.45) is 10.6. The number of anilines is 2. The summed E-state index contributed by atoms with van der Waals surface area (Å²) in [7, 11) is 0.764. The second-order valence-corrected chi connectivity index (χ2v) is 10.5. The van der Waals surface area contributed by atoms with Crippen LogP contribution in [0, 0.1) is 0 Å². The lowest BCUT2D eigenvalue weighted by Crippen LogP contribution is -2.30. The highest BCUT2D eigenvalue weighted by Crippen LogP contribution is 2.29. The molecule has 1 aliphatic heterocycles. The molecule has 0 amide bonds. The number of carboxylic acid groups (broad SMARTS) is 1. The van der Waals surface area contributed by atoms with Gasteiger partial charge >= 0.3 is 13.4 Å². The summed E-state index contributed by atoms with van der Waals surface area (Å²) in [5.74, 6) is -1.51. The molecule has 0 fully saturated rings. The quantitative estimate of drug-likeness (QED) is 0.0813. The number of carboxylic acids is 1. The maximum atomic E-state index is 13.1. The van der Waals surface area contributed by atoms with Crippen molar-refractivity contribution in [1.29, 1.82) is 0 Å². The summed E-state index contributed by atoms with van der Waals surface area (Å²) in [5.41, 5.74) is 4.95. The third-order valence-corrected chi connectivity index (χ3v) is 7.33. The molecule has 0 spiro atoms. The van der Waals surface area contributed by atoms with Crippen molar-refractivity contribution >= 4 is 58.7 Å². The molecule has 10 heteroatoms. The number of fused-ring (bicyclic) bond motifs is 1. The number of aliphatic carboxylic acids is 1. The van der Waals surface area contributed by atoms with Gasteiger partial charge < -0.3 is 19.6 Å². The summed E-state index contributed by atoms with van der Waals surface area (Å²) in [6, 6.07) is 13.5. The Morgan fingerprint density at radius 2 is 1.75 bits per heavy atom. The average molecular weight is 615 g/mol. The number of ketones is 1. The first-order valence-electron chi connectivity index (χ1n) is 13.3. The molecule has 2 aromatic rings. The number of nitrogens with zero attached hydrogens (tertiary/aromatic N) is 2. The molecule has 1 heterocycles. The van der Waals surface area contributed by atoms with E-state index in [-0.39, 0.29) is 16.7 Å². The molecule has 6 nitrogen and oxygen atoms in total. The molecule has 0 unspecified atom stereocenters. The minimum atomic E-state index is -3.08. The minimum absolute atomic E-state index is 0.0998. The van der Waals surface area contributed by atoms with Gasteiger partial charge in [-0.1, -0.05) is 36.8 Å². The van der Waals surface area contributed by atoms with E-state index in [1.54, 1.807) is 12.2 Å². The number of carbonyl (C=O) groups is 2. The van der Waals surface area contributed by atoms with E-state index in [4.69, 9.17) is 5.11 Å². The van der Waals surface area contributed by atoms with Crippen LogP contribution < -0.4 is 9.80 Å². The third-order valence-electron chi connectivity index (χ3n) is 6.55. The van der Waals surface area contributed by atoms with Crippen LogP contribution in [0.5, 0.6) is 0 Å². The molecule has 1 aliphatic rings. The Bertz CT molecular complexity index is 1260. The molecular formula is C30H34BBrF2N2O4. The van der Waals surface area contributed by atoms with Gasteiger partial charge in [-0.05, 0) is 94.7 Å². The molecule has 0 aliphatic carbocycles. The average Bonchev–Trinajstić information content (AvgIpc) is 2.93. The fraction of sp³-hybridized carbons (Fsp3) is 0.333. The van der Waals surface area contributed by atoms with Crippen LogP contribution in [-0.4, -0.2) is 51.5 Å². The van der Waals surface area contributed by atoms with E-state index in [0.29, 0.717) is 6.42 Å². The van der Waals surface area contributed by atoms with Crippen LogP contribution in [0.4, 0.5) is 20.0 Å². The fourth-order valence-electron chi connectivity index (χ4n) is 4.47. The maximum Gasteiger partial charge on any atom is 0.796 e. The summed E-state index contributed by atoms with van der Waals surface area (Å²) in [5, 5.41) is 8.79. The number of carbonyl (C=O) groups excluding carboxylic acids is 1. The Balaban J connectivity index is 1.69. The number of benzene rings is 2. The lowest BCUT2D eigenvalue weighted by molar-refractivity contribution is -0.137. The molecule has 0 saturated heterocycles. The number of aryl methyl sites for hydroxylation is 1. The van der Waals surface area contributed by atoms with Crippen LogP contribution >= 0.6 is 15.9 Å². The van der Waals surface area contributed by atoms with Crippen molar-refractivity contribution in [3.63, 3.8) is 0 Å². The van der Waals surface area contributed by atoms with Gasteiger partial charge in [0.2, 0.25) is 0 Å². The van der Waals surface area contributed by atoms with Crippen molar-refractivity contribution in [1.82, 2.24) is 0 Å². The van der Waals surface area contributed by atoms with E-state index in [2.05, 4.69) is 25.5 Å². The first kappa shape index (κ1) is 31.1. The number of hydrogen-bond acceptors (Lipinski definition) is 5. The lowest BCUT2D eigenvalue weighted by atomic mass is 9.98. The molecule has 1 N–H and O–H groups in total. The zero-order chi connectivity index (χ0) is 29.1. The largest absolute Gasteiger partial charge is 0.796 e. The van der Waals surface area contributed by atoms with Crippen molar-refractivity contribution < 1.29 is 28.0 Å². The van der Waals surface area contributed by atoms with Crippen LogP contribution in [0.15, 0.2) is 64.9 Å². The Hall–Kier alpha value is -3.40. The highest BCUT2D eigenvalue weighted by atomic mass is 79.9. The molecule has 0 bridgehead atoms. The molecule has 2 aromatic carbocycles. The van der Waals surface area contributed by atoms with Gasteiger partial charge in [-0.3, -0.25) is 9.59 Å². The van der Waals surface area contributed by atoms with Crippen molar-refractivity contribution in [3.05, 3.63) is 81.5 Å². The Morgan fingerprint density at radius 1 is 1.05 bits per heavy atom. The summed E-state index contributed by atoms with van der Waals surface area (Å²) >= 11 is 3.15. The molecule has 40 heavy (non-hydrogen) atoms. The maximum absolute atomic E-state index is 13.1. The molecule has 0 saturated carbocycles. The van der Waals surface area contributed by atoms with Crippen molar-refractivity contribution in [2.24, 2.45) is 0 Å². The zero-order valence-electron chi connectivity index (χ0n) is 22.8. The monoisotopic (exact) mass is 614 g/mol. The van der Waals surface area contributed by atoms with Crippen molar-refractivity contribution in [2.75, 3.05) is 37.0 Å². The molecule has 212 valence electrons. The van der Waals surface area contributed by atoms with Crippen LogP contribution in [0.25, 0.3) is 12.2 Å². The van der Waals surface area contributed by atoms with E-state index in [1.807, 2.05) is 61.5 Å². The Labute approximate surface area is 243 Å².